The van der Waals surface area contributed by atoms with Crippen LogP contribution in [0.1, 0.15) is 43.7 Å². The van der Waals surface area contributed by atoms with E-state index in [1.54, 1.807) is 11.1 Å². The van der Waals surface area contributed by atoms with Gasteiger partial charge in [-0.05, 0) is 36.3 Å². The summed E-state index contributed by atoms with van der Waals surface area (Å²) in [6.07, 6.45) is 4.03. The number of fused-ring (bicyclic) bond motifs is 1. The van der Waals surface area contributed by atoms with Crippen LogP contribution in [-0.2, 0) is 11.2 Å². The summed E-state index contributed by atoms with van der Waals surface area (Å²) in [6, 6.07) is 9.50. The Bertz CT molecular complexity index is 429. The molecule has 1 aliphatic carbocycles. The van der Waals surface area contributed by atoms with E-state index in [0.29, 0.717) is 18.1 Å². The van der Waals surface area contributed by atoms with E-state index in [1.165, 1.54) is 12.8 Å². The molecule has 0 aromatic heterocycles. The number of hydrogen-bond donors (Lipinski definition) is 1. The maximum Gasteiger partial charge on any atom is 0.0612 e. The predicted octanol–water partition coefficient (Wildman–Crippen LogP) is 3.12. The monoisotopic (exact) mass is 259 g/mol. The highest BCUT2D eigenvalue weighted by molar-refractivity contribution is 5.40. The van der Waals surface area contributed by atoms with Gasteiger partial charge in [0.2, 0.25) is 0 Å². The molecule has 1 aromatic carbocycles. The molecule has 104 valence electrons. The van der Waals surface area contributed by atoms with E-state index >= 15 is 0 Å². The van der Waals surface area contributed by atoms with Gasteiger partial charge in [-0.1, -0.05) is 38.1 Å². The molecule has 1 saturated heterocycles. The Labute approximate surface area is 116 Å². The van der Waals surface area contributed by atoms with Crippen LogP contribution < -0.4 is 5.32 Å². The zero-order valence-corrected chi connectivity index (χ0v) is 12.1. The predicted molar refractivity (Wildman–Crippen MR) is 78.5 cm³/mol. The van der Waals surface area contributed by atoms with Crippen LogP contribution in [-0.4, -0.2) is 25.3 Å². The van der Waals surface area contributed by atoms with Crippen LogP contribution in [0.25, 0.3) is 0 Å². The summed E-state index contributed by atoms with van der Waals surface area (Å²) in [4.78, 5) is 0. The van der Waals surface area contributed by atoms with Gasteiger partial charge in [-0.25, -0.2) is 0 Å². The average molecular weight is 259 g/mol. The van der Waals surface area contributed by atoms with Crippen LogP contribution in [0.2, 0.25) is 0 Å². The van der Waals surface area contributed by atoms with Gasteiger partial charge in [-0.2, -0.15) is 0 Å². The van der Waals surface area contributed by atoms with Crippen molar-refractivity contribution < 1.29 is 4.74 Å². The third kappa shape index (κ3) is 2.85. The second kappa shape index (κ2) is 5.64. The summed E-state index contributed by atoms with van der Waals surface area (Å²) in [6.45, 7) is 6.57. The Balaban J connectivity index is 1.48. The third-order valence-corrected chi connectivity index (χ3v) is 4.67. The highest BCUT2D eigenvalue weighted by Gasteiger charge is 2.28. The molecule has 0 radical (unpaired) electrons. The van der Waals surface area contributed by atoms with Crippen molar-refractivity contribution in [1.82, 2.24) is 5.32 Å². The molecule has 0 bridgehead atoms. The smallest absolute Gasteiger partial charge is 0.0612 e. The van der Waals surface area contributed by atoms with Crippen molar-refractivity contribution >= 4 is 0 Å². The quantitative estimate of drug-likeness (QED) is 0.897. The maximum absolute atomic E-state index is 5.83. The first-order chi connectivity index (χ1) is 9.24. The summed E-state index contributed by atoms with van der Waals surface area (Å²) >= 11 is 0. The van der Waals surface area contributed by atoms with Gasteiger partial charge in [0.25, 0.3) is 0 Å². The molecule has 1 N–H and O–H groups in total. The van der Waals surface area contributed by atoms with Gasteiger partial charge in [0, 0.05) is 25.1 Å². The van der Waals surface area contributed by atoms with Gasteiger partial charge in [-0.3, -0.25) is 0 Å². The first-order valence-electron chi connectivity index (χ1n) is 7.67. The second-order valence-electron chi connectivity index (χ2n) is 6.38. The third-order valence-electron chi connectivity index (χ3n) is 4.67. The van der Waals surface area contributed by atoms with Crippen molar-refractivity contribution in [1.29, 1.82) is 0 Å². The van der Waals surface area contributed by atoms with Crippen LogP contribution in [0.5, 0.6) is 0 Å². The summed E-state index contributed by atoms with van der Waals surface area (Å²) in [5.41, 5.74) is 3.10. The van der Waals surface area contributed by atoms with Gasteiger partial charge >= 0.3 is 0 Å². The van der Waals surface area contributed by atoms with Crippen molar-refractivity contribution in [3.05, 3.63) is 35.4 Å². The molecule has 2 heteroatoms. The van der Waals surface area contributed by atoms with Gasteiger partial charge in [0.1, 0.15) is 0 Å². The lowest BCUT2D eigenvalue weighted by atomic mass is 9.77. The second-order valence-corrected chi connectivity index (χ2v) is 6.38. The van der Waals surface area contributed by atoms with Crippen molar-refractivity contribution in [2.45, 2.75) is 51.2 Å². The number of ether oxygens (including phenoxy) is 1. The molecular formula is C17H25NO. The molecule has 1 aromatic rings. The van der Waals surface area contributed by atoms with E-state index in [9.17, 15) is 0 Å². The fourth-order valence-corrected chi connectivity index (χ4v) is 3.33. The Morgan fingerprint density at radius 1 is 1.32 bits per heavy atom. The van der Waals surface area contributed by atoms with Crippen LogP contribution in [0.15, 0.2) is 24.3 Å². The number of rotatable bonds is 4. The van der Waals surface area contributed by atoms with Crippen LogP contribution >= 0.6 is 0 Å². The minimum Gasteiger partial charge on any atom is -0.378 e. The molecule has 3 atom stereocenters. The first-order valence-corrected chi connectivity index (χ1v) is 7.67. The van der Waals surface area contributed by atoms with Crippen molar-refractivity contribution in [3.63, 3.8) is 0 Å². The molecule has 1 aliphatic heterocycles. The van der Waals surface area contributed by atoms with Gasteiger partial charge in [0.15, 0.2) is 0 Å². The van der Waals surface area contributed by atoms with E-state index in [1.807, 2.05) is 0 Å². The topological polar surface area (TPSA) is 21.3 Å². The molecule has 1 heterocycles. The van der Waals surface area contributed by atoms with Crippen molar-refractivity contribution in [2.24, 2.45) is 5.92 Å². The lowest BCUT2D eigenvalue weighted by Gasteiger charge is -2.35. The lowest BCUT2D eigenvalue weighted by Crippen LogP contribution is -2.43. The number of nitrogens with one attached hydrogen (secondary N) is 1. The zero-order chi connectivity index (χ0) is 13.2. The fraction of sp³-hybridized carbons (Fsp3) is 0.647. The molecule has 3 unspecified atom stereocenters. The van der Waals surface area contributed by atoms with E-state index in [-0.39, 0.29) is 0 Å². The maximum atomic E-state index is 5.83. The van der Waals surface area contributed by atoms with Crippen molar-refractivity contribution in [2.75, 3.05) is 13.2 Å². The largest absolute Gasteiger partial charge is 0.378 e. The Morgan fingerprint density at radius 2 is 2.16 bits per heavy atom. The Morgan fingerprint density at radius 3 is 2.95 bits per heavy atom. The molecule has 2 nitrogen and oxygen atoms in total. The lowest BCUT2D eigenvalue weighted by molar-refractivity contribution is -0.0245. The standard InChI is InChI=1S/C17H25NO/c1-12(2)17-10-15(7-8-19-17)18-11-14-9-13-5-3-4-6-16(13)14/h3-6,12,14-15,17-18H,7-11H2,1-2H3. The zero-order valence-electron chi connectivity index (χ0n) is 12.1. The first kappa shape index (κ1) is 13.1. The molecule has 0 saturated carbocycles. The Kier molecular flexibility index (Phi) is 3.90. The molecule has 0 amide bonds. The van der Waals surface area contributed by atoms with E-state index < -0.39 is 0 Å². The van der Waals surface area contributed by atoms with Gasteiger partial charge in [0.05, 0.1) is 6.10 Å². The molecule has 19 heavy (non-hydrogen) atoms. The Hall–Kier alpha value is -0.860. The number of benzene rings is 1. The van der Waals surface area contributed by atoms with E-state index in [0.717, 1.165) is 25.5 Å². The normalized spacial score (nSPS) is 29.9. The minimum atomic E-state index is 0.444. The van der Waals surface area contributed by atoms with E-state index in [2.05, 4.69) is 43.4 Å². The van der Waals surface area contributed by atoms with Crippen LogP contribution in [0.3, 0.4) is 0 Å². The molecule has 0 spiro atoms. The van der Waals surface area contributed by atoms with Crippen LogP contribution in [0, 0.1) is 5.92 Å². The molecule has 1 fully saturated rings. The number of hydrogen-bond acceptors (Lipinski definition) is 2. The average Bonchev–Trinajstić information content (AvgIpc) is 2.40. The molecule has 3 rings (SSSR count). The summed E-state index contributed by atoms with van der Waals surface area (Å²) < 4.78 is 5.83. The summed E-state index contributed by atoms with van der Waals surface area (Å²) in [5, 5.41) is 3.77. The molecular weight excluding hydrogens is 234 g/mol. The summed E-state index contributed by atoms with van der Waals surface area (Å²) in [5.74, 6) is 1.37. The van der Waals surface area contributed by atoms with Gasteiger partial charge < -0.3 is 10.1 Å². The fourth-order valence-electron chi connectivity index (χ4n) is 3.33. The highest BCUT2D eigenvalue weighted by Crippen LogP contribution is 2.34. The van der Waals surface area contributed by atoms with E-state index in [4.69, 9.17) is 4.74 Å². The molecule has 2 aliphatic rings. The summed E-state index contributed by atoms with van der Waals surface area (Å²) in [7, 11) is 0. The van der Waals surface area contributed by atoms with Crippen molar-refractivity contribution in [3.8, 4) is 0 Å². The minimum absolute atomic E-state index is 0.444. The van der Waals surface area contributed by atoms with Crippen LogP contribution in [0.4, 0.5) is 0 Å². The highest BCUT2D eigenvalue weighted by atomic mass is 16.5. The SMILES string of the molecule is CC(C)C1CC(NCC2Cc3ccccc32)CCO1. The van der Waals surface area contributed by atoms with Gasteiger partial charge in [-0.15, -0.1) is 0 Å².